The molecule has 11 nitrogen and oxygen atoms in total. The zero-order chi connectivity index (χ0) is 35.4. The molecule has 18 heteroatoms. The van der Waals surface area contributed by atoms with E-state index in [0.717, 1.165) is 28.6 Å². The molecule has 4 aromatic carbocycles. The van der Waals surface area contributed by atoms with Crippen molar-refractivity contribution in [2.75, 3.05) is 42.2 Å². The molecule has 4 aromatic rings. The normalized spacial score (nSPS) is 11.8. The topological polar surface area (TPSA) is 140 Å². The molecule has 0 bridgehead atoms. The first-order valence-corrected chi connectivity index (χ1v) is 17.1. The predicted molar refractivity (Wildman–Crippen MR) is 174 cm³/mol. The van der Waals surface area contributed by atoms with Gasteiger partial charge in [0.2, 0.25) is 5.91 Å². The van der Waals surface area contributed by atoms with E-state index in [0.29, 0.717) is 6.07 Å². The molecule has 0 saturated carbocycles. The lowest BCUT2D eigenvalue weighted by Crippen LogP contribution is -2.38. The van der Waals surface area contributed by atoms with Crippen LogP contribution < -0.4 is 28.6 Å². The monoisotopic (exact) mass is 747 g/mol. The van der Waals surface area contributed by atoms with Crippen LogP contribution in [0.3, 0.4) is 0 Å². The van der Waals surface area contributed by atoms with E-state index in [9.17, 15) is 34.8 Å². The van der Waals surface area contributed by atoms with Crippen LogP contribution in [0.15, 0.2) is 88.7 Å². The first-order valence-electron chi connectivity index (χ1n) is 13.4. The average molecular weight is 749 g/mol. The zero-order valence-electron chi connectivity index (χ0n) is 25.1. The number of carbonyl (C=O) groups is 1. The van der Waals surface area contributed by atoms with Crippen molar-refractivity contribution in [3.8, 4) is 17.2 Å². The standard InChI is InChI=1S/C30H26Cl2F3N3O8S2/c1-44-26-12-4-18(31)14-25(26)38(48(42,43)22-10-13-27(45-2)28(16-22)46-3)17-29(39)36-19-5-8-21(9-6-19)47(40,41)37-20-7-11-24(32)23(15-20)30(33,34)35/h4-16,37H,17H2,1-3H3,(H,36,39). The van der Waals surface area contributed by atoms with Crippen molar-refractivity contribution in [2.45, 2.75) is 16.0 Å². The number of hydrogen-bond acceptors (Lipinski definition) is 8. The highest BCUT2D eigenvalue weighted by molar-refractivity contribution is 7.93. The fourth-order valence-corrected chi connectivity index (χ4v) is 7.21. The lowest BCUT2D eigenvalue weighted by atomic mass is 10.2. The molecule has 0 saturated heterocycles. The van der Waals surface area contributed by atoms with Crippen LogP contribution in [0.5, 0.6) is 17.2 Å². The third-order valence-electron chi connectivity index (χ3n) is 6.61. The van der Waals surface area contributed by atoms with Gasteiger partial charge in [0.1, 0.15) is 12.3 Å². The number of alkyl halides is 3. The zero-order valence-corrected chi connectivity index (χ0v) is 28.3. The van der Waals surface area contributed by atoms with Crippen molar-refractivity contribution < 1.29 is 49.0 Å². The van der Waals surface area contributed by atoms with E-state index >= 15 is 0 Å². The van der Waals surface area contributed by atoms with Gasteiger partial charge in [-0.25, -0.2) is 16.8 Å². The third-order valence-corrected chi connectivity index (χ3v) is 10.3. The minimum absolute atomic E-state index is 0.0571. The Bertz CT molecular complexity index is 2050. The molecule has 0 atom stereocenters. The number of sulfonamides is 2. The van der Waals surface area contributed by atoms with E-state index in [1.807, 2.05) is 0 Å². The van der Waals surface area contributed by atoms with Crippen molar-refractivity contribution in [1.29, 1.82) is 0 Å². The summed E-state index contributed by atoms with van der Waals surface area (Å²) in [6, 6.07) is 15.2. The van der Waals surface area contributed by atoms with Gasteiger partial charge in [0.15, 0.2) is 11.5 Å². The largest absolute Gasteiger partial charge is 0.495 e. The smallest absolute Gasteiger partial charge is 0.417 e. The van der Waals surface area contributed by atoms with Crippen molar-refractivity contribution in [1.82, 2.24) is 0 Å². The SMILES string of the molecule is COc1ccc(S(=O)(=O)N(CC(=O)Nc2ccc(S(=O)(=O)Nc3ccc(Cl)c(C(F)(F)F)c3)cc2)c2cc(Cl)ccc2OC)cc1OC. The molecule has 4 rings (SSSR count). The summed E-state index contributed by atoms with van der Waals surface area (Å²) in [5.41, 5.74) is -1.58. The number of nitrogens with zero attached hydrogens (tertiary/aromatic N) is 1. The van der Waals surface area contributed by atoms with Crippen LogP contribution in [0.2, 0.25) is 10.0 Å². The first kappa shape index (κ1) is 36.5. The Morgan fingerprint density at radius 1 is 0.750 bits per heavy atom. The van der Waals surface area contributed by atoms with Gasteiger partial charge in [-0.15, -0.1) is 0 Å². The average Bonchev–Trinajstić information content (AvgIpc) is 3.03. The second kappa shape index (κ2) is 14.4. The molecule has 0 aliphatic carbocycles. The minimum Gasteiger partial charge on any atom is -0.495 e. The van der Waals surface area contributed by atoms with Crippen LogP contribution in [0.1, 0.15) is 5.56 Å². The quantitative estimate of drug-likeness (QED) is 0.164. The van der Waals surface area contributed by atoms with Gasteiger partial charge in [0, 0.05) is 22.5 Å². The molecule has 0 fully saturated rings. The van der Waals surface area contributed by atoms with Gasteiger partial charge < -0.3 is 19.5 Å². The number of nitrogens with one attached hydrogen (secondary N) is 2. The number of methoxy groups -OCH3 is 3. The number of anilines is 3. The fourth-order valence-electron chi connectivity index (χ4n) is 4.33. The van der Waals surface area contributed by atoms with E-state index in [1.54, 1.807) is 0 Å². The summed E-state index contributed by atoms with van der Waals surface area (Å²) < 4.78 is 112. The second-order valence-electron chi connectivity index (χ2n) is 9.72. The highest BCUT2D eigenvalue weighted by Crippen LogP contribution is 2.38. The van der Waals surface area contributed by atoms with E-state index in [2.05, 4.69) is 10.0 Å². The maximum absolute atomic E-state index is 14.0. The van der Waals surface area contributed by atoms with E-state index in [1.165, 1.54) is 69.9 Å². The summed E-state index contributed by atoms with van der Waals surface area (Å²) in [5.74, 6) is -0.375. The number of carbonyl (C=O) groups excluding carboxylic acids is 1. The van der Waals surface area contributed by atoms with Crippen LogP contribution in [0.4, 0.5) is 30.2 Å². The van der Waals surface area contributed by atoms with Crippen molar-refractivity contribution in [3.05, 3.63) is 94.5 Å². The van der Waals surface area contributed by atoms with Crippen molar-refractivity contribution in [3.63, 3.8) is 0 Å². The third kappa shape index (κ3) is 8.18. The lowest BCUT2D eigenvalue weighted by molar-refractivity contribution is -0.137. The Morgan fingerprint density at radius 2 is 1.33 bits per heavy atom. The molecule has 0 radical (unpaired) electrons. The number of amides is 1. The molecule has 2 N–H and O–H groups in total. The molecule has 0 heterocycles. The van der Waals surface area contributed by atoms with E-state index < -0.39 is 49.3 Å². The van der Waals surface area contributed by atoms with Crippen LogP contribution in [0, 0.1) is 0 Å². The van der Waals surface area contributed by atoms with Crippen molar-refractivity contribution >= 4 is 66.2 Å². The summed E-state index contributed by atoms with van der Waals surface area (Å²) in [6.07, 6.45) is -4.81. The summed E-state index contributed by atoms with van der Waals surface area (Å²) >= 11 is 11.8. The van der Waals surface area contributed by atoms with Crippen LogP contribution in [-0.4, -0.2) is 50.6 Å². The molecule has 0 aliphatic rings. The fraction of sp³-hybridized carbons (Fsp3) is 0.167. The van der Waals surface area contributed by atoms with Gasteiger partial charge in [-0.2, -0.15) is 13.2 Å². The van der Waals surface area contributed by atoms with Crippen LogP contribution in [0.25, 0.3) is 0 Å². The number of halogens is 5. The number of hydrogen-bond donors (Lipinski definition) is 2. The Labute approximate surface area is 284 Å². The highest BCUT2D eigenvalue weighted by Gasteiger charge is 2.34. The Hall–Kier alpha value is -4.38. The van der Waals surface area contributed by atoms with Gasteiger partial charge in [-0.05, 0) is 72.8 Å². The maximum atomic E-state index is 14.0. The molecule has 256 valence electrons. The summed E-state index contributed by atoms with van der Waals surface area (Å²) in [6.45, 7) is -0.785. The Morgan fingerprint density at radius 3 is 1.94 bits per heavy atom. The maximum Gasteiger partial charge on any atom is 0.417 e. The van der Waals surface area contributed by atoms with E-state index in [-0.39, 0.29) is 49.1 Å². The van der Waals surface area contributed by atoms with Crippen LogP contribution >= 0.6 is 23.2 Å². The van der Waals surface area contributed by atoms with Gasteiger partial charge in [0.25, 0.3) is 20.0 Å². The second-order valence-corrected chi connectivity index (χ2v) is 14.1. The predicted octanol–water partition coefficient (Wildman–Crippen LogP) is 6.67. The molecule has 0 aliphatic heterocycles. The molecule has 48 heavy (non-hydrogen) atoms. The summed E-state index contributed by atoms with van der Waals surface area (Å²) in [4.78, 5) is 12.7. The number of benzene rings is 4. The molecule has 1 amide bonds. The summed E-state index contributed by atoms with van der Waals surface area (Å²) in [5, 5.41) is 2.05. The van der Waals surface area contributed by atoms with E-state index in [4.69, 9.17) is 37.4 Å². The molecule has 0 spiro atoms. The number of ether oxygens (including phenoxy) is 3. The lowest BCUT2D eigenvalue weighted by Gasteiger charge is -2.26. The van der Waals surface area contributed by atoms with Gasteiger partial charge in [0.05, 0.1) is 47.4 Å². The molecule has 0 unspecified atom stereocenters. The highest BCUT2D eigenvalue weighted by atomic mass is 35.5. The number of rotatable bonds is 12. The Balaban J connectivity index is 1.60. The van der Waals surface area contributed by atoms with Crippen LogP contribution in [-0.2, 0) is 31.0 Å². The summed E-state index contributed by atoms with van der Waals surface area (Å²) in [7, 11) is -4.84. The Kier molecular flexibility index (Phi) is 10.9. The minimum atomic E-state index is -4.81. The van der Waals surface area contributed by atoms with Gasteiger partial charge in [-0.1, -0.05) is 23.2 Å². The molecule has 0 aromatic heterocycles. The van der Waals surface area contributed by atoms with Gasteiger partial charge in [-0.3, -0.25) is 13.8 Å². The van der Waals surface area contributed by atoms with Gasteiger partial charge >= 0.3 is 6.18 Å². The van der Waals surface area contributed by atoms with Crippen molar-refractivity contribution in [2.24, 2.45) is 0 Å². The molecular weight excluding hydrogens is 722 g/mol. The molecular formula is C30H26Cl2F3N3O8S2. The first-order chi connectivity index (χ1) is 22.5.